The van der Waals surface area contributed by atoms with Crippen LogP contribution in [-0.2, 0) is 0 Å². The van der Waals surface area contributed by atoms with E-state index in [1.54, 1.807) is 19.2 Å². The number of ether oxygens (including phenoxy) is 1. The average molecular weight is 450 g/mol. The number of halogens is 1. The Kier molecular flexibility index (Phi) is 5.04. The monoisotopic (exact) mass is 449 g/mol. The minimum absolute atomic E-state index is 0.245. The van der Waals surface area contributed by atoms with Crippen LogP contribution in [0.15, 0.2) is 52.6 Å². The molecule has 33 heavy (non-hydrogen) atoms. The number of fused-ring (bicyclic) bond motifs is 3. The Balaban J connectivity index is 1.28. The normalized spacial score (nSPS) is 27.5. The molecule has 2 atom stereocenters. The van der Waals surface area contributed by atoms with Gasteiger partial charge < -0.3 is 9.64 Å². The highest BCUT2D eigenvalue weighted by molar-refractivity contribution is 6.21. The molecule has 1 aromatic carbocycles. The molecule has 1 aliphatic carbocycles. The number of piperidine rings is 1. The van der Waals surface area contributed by atoms with Crippen LogP contribution in [0, 0.1) is 17.7 Å². The van der Waals surface area contributed by atoms with Crippen molar-refractivity contribution in [3.05, 3.63) is 48.4 Å². The molecule has 3 aliphatic heterocycles. The minimum atomic E-state index is -0.245. The molecular weight excluding hydrogens is 421 g/mol. The third kappa shape index (κ3) is 3.65. The summed E-state index contributed by atoms with van der Waals surface area (Å²) in [5.41, 5.74) is 5.51. The van der Waals surface area contributed by atoms with Gasteiger partial charge in [0.1, 0.15) is 5.82 Å². The minimum Gasteiger partial charge on any atom is -0.481 e. The molecule has 9 heteroatoms. The summed E-state index contributed by atoms with van der Waals surface area (Å²) >= 11 is 0. The number of hydrazine groups is 1. The number of nitrogens with zero attached hydrogens (tertiary/aromatic N) is 6. The number of anilines is 2. The van der Waals surface area contributed by atoms with Crippen LogP contribution in [0.3, 0.4) is 0 Å². The number of nitrogens with one attached hydrogen (secondary N) is 1. The highest BCUT2D eigenvalue weighted by Gasteiger charge is 2.44. The number of hydrogen-bond acceptors (Lipinski definition) is 6. The van der Waals surface area contributed by atoms with E-state index in [0.29, 0.717) is 17.7 Å². The predicted molar refractivity (Wildman–Crippen MR) is 126 cm³/mol. The van der Waals surface area contributed by atoms with Gasteiger partial charge in [0.05, 0.1) is 18.8 Å². The summed E-state index contributed by atoms with van der Waals surface area (Å²) in [5.74, 6) is 3.00. The molecule has 0 radical (unpaired) electrons. The van der Waals surface area contributed by atoms with Gasteiger partial charge in [-0.1, -0.05) is 0 Å². The van der Waals surface area contributed by atoms with Gasteiger partial charge in [0.15, 0.2) is 0 Å². The van der Waals surface area contributed by atoms with Gasteiger partial charge >= 0.3 is 0 Å². The molecule has 1 N–H and O–H groups in total. The molecule has 1 saturated carbocycles. The molecule has 8 nitrogen and oxygen atoms in total. The number of methoxy groups -OCH3 is 1. The quantitative estimate of drug-likeness (QED) is 0.774. The van der Waals surface area contributed by atoms with Crippen molar-refractivity contribution in [2.45, 2.75) is 25.3 Å². The van der Waals surface area contributed by atoms with Crippen molar-refractivity contribution in [2.24, 2.45) is 21.8 Å². The maximum Gasteiger partial charge on any atom is 0.227 e. The summed E-state index contributed by atoms with van der Waals surface area (Å²) < 4.78 is 18.9. The lowest BCUT2D eigenvalue weighted by Gasteiger charge is -2.38. The van der Waals surface area contributed by atoms with Gasteiger partial charge in [-0.15, -0.1) is 0 Å². The fraction of sp³-hybridized carbons (Fsp3) is 0.458. The zero-order chi connectivity index (χ0) is 22.4. The van der Waals surface area contributed by atoms with Crippen LogP contribution in [-0.4, -0.2) is 61.2 Å². The summed E-state index contributed by atoms with van der Waals surface area (Å²) in [6.07, 6.45) is 5.15. The fourth-order valence-corrected chi connectivity index (χ4v) is 5.53. The Morgan fingerprint density at radius 3 is 2.64 bits per heavy atom. The zero-order valence-electron chi connectivity index (χ0n) is 18.7. The van der Waals surface area contributed by atoms with E-state index in [9.17, 15) is 4.39 Å². The fourth-order valence-electron chi connectivity index (χ4n) is 5.53. The van der Waals surface area contributed by atoms with Crippen LogP contribution in [0.4, 0.5) is 15.8 Å². The van der Waals surface area contributed by atoms with Crippen molar-refractivity contribution >= 4 is 23.3 Å². The number of aromatic nitrogens is 1. The van der Waals surface area contributed by atoms with Gasteiger partial charge in [-0.2, -0.15) is 0 Å². The van der Waals surface area contributed by atoms with Crippen LogP contribution in [0.1, 0.15) is 19.3 Å². The van der Waals surface area contributed by atoms with E-state index in [4.69, 9.17) is 14.7 Å². The first kappa shape index (κ1) is 20.3. The third-order valence-electron chi connectivity index (χ3n) is 7.11. The van der Waals surface area contributed by atoms with Crippen molar-refractivity contribution in [2.75, 3.05) is 43.1 Å². The van der Waals surface area contributed by atoms with Crippen LogP contribution in [0.25, 0.3) is 0 Å². The molecule has 2 saturated heterocycles. The van der Waals surface area contributed by atoms with Crippen molar-refractivity contribution in [1.29, 1.82) is 0 Å². The molecule has 172 valence electrons. The zero-order valence-corrected chi connectivity index (χ0v) is 18.7. The summed E-state index contributed by atoms with van der Waals surface area (Å²) in [6, 6.07) is 10.9. The lowest BCUT2D eigenvalue weighted by atomic mass is 9.92. The number of benzene rings is 1. The number of aliphatic imine (C=N–C) groups is 2. The summed E-state index contributed by atoms with van der Waals surface area (Å²) in [6.45, 7) is 3.60. The van der Waals surface area contributed by atoms with Crippen LogP contribution in [0.2, 0.25) is 0 Å². The lowest BCUT2D eigenvalue weighted by Crippen LogP contribution is -2.46. The summed E-state index contributed by atoms with van der Waals surface area (Å²) in [7, 11) is 1.65. The Labute approximate surface area is 192 Å². The van der Waals surface area contributed by atoms with E-state index < -0.39 is 0 Å². The predicted octanol–water partition coefficient (Wildman–Crippen LogP) is 2.89. The molecule has 0 spiro atoms. The molecule has 4 heterocycles. The first-order valence-electron chi connectivity index (χ1n) is 11.7. The molecule has 2 unspecified atom stereocenters. The molecule has 3 fully saturated rings. The number of guanidine groups is 2. The number of hydrogen-bond donors (Lipinski definition) is 1. The molecule has 0 amide bonds. The molecule has 6 rings (SSSR count). The highest BCUT2D eigenvalue weighted by Crippen LogP contribution is 2.41. The van der Waals surface area contributed by atoms with Gasteiger partial charge in [-0.05, 0) is 61.4 Å². The molecule has 4 aliphatic rings. The van der Waals surface area contributed by atoms with E-state index in [0.717, 1.165) is 55.9 Å². The third-order valence-corrected chi connectivity index (χ3v) is 7.11. The van der Waals surface area contributed by atoms with Gasteiger partial charge in [-0.25, -0.2) is 19.3 Å². The summed E-state index contributed by atoms with van der Waals surface area (Å²) in [5, 5.41) is 2.06. The van der Waals surface area contributed by atoms with Crippen LogP contribution < -0.4 is 20.0 Å². The Morgan fingerprint density at radius 1 is 1.09 bits per heavy atom. The van der Waals surface area contributed by atoms with Gasteiger partial charge in [0, 0.05) is 44.1 Å². The highest BCUT2D eigenvalue weighted by atomic mass is 19.1. The molecule has 2 bridgehead atoms. The number of rotatable bonds is 4. The second-order valence-electron chi connectivity index (χ2n) is 9.11. The van der Waals surface area contributed by atoms with Crippen LogP contribution in [0.5, 0.6) is 5.88 Å². The summed E-state index contributed by atoms with van der Waals surface area (Å²) in [4.78, 5) is 18.7. The van der Waals surface area contributed by atoms with E-state index >= 15 is 0 Å². The lowest BCUT2D eigenvalue weighted by molar-refractivity contribution is 0.348. The Morgan fingerprint density at radius 2 is 1.88 bits per heavy atom. The maximum atomic E-state index is 13.6. The second-order valence-corrected chi connectivity index (χ2v) is 9.11. The Bertz CT molecular complexity index is 1070. The molecule has 1 aromatic heterocycles. The molecular formula is C24H28FN7O. The van der Waals surface area contributed by atoms with E-state index in [1.165, 1.54) is 25.0 Å². The SMILES string of the molecule is COc1cc(N2CC3CCC(C2)C3N=C2NN3CCCN=C3N2c2ccc(F)cc2)ccn1. The van der Waals surface area contributed by atoms with Gasteiger partial charge in [-0.3, -0.25) is 15.4 Å². The van der Waals surface area contributed by atoms with Crippen LogP contribution >= 0.6 is 0 Å². The number of pyridine rings is 1. The van der Waals surface area contributed by atoms with E-state index in [-0.39, 0.29) is 11.9 Å². The largest absolute Gasteiger partial charge is 0.481 e. The topological polar surface area (TPSA) is 68.6 Å². The van der Waals surface area contributed by atoms with Crippen molar-refractivity contribution in [1.82, 2.24) is 15.4 Å². The second kappa shape index (κ2) is 8.20. The van der Waals surface area contributed by atoms with Crippen molar-refractivity contribution in [3.8, 4) is 5.88 Å². The first-order valence-corrected chi connectivity index (χ1v) is 11.7. The Hall–Kier alpha value is -3.36. The average Bonchev–Trinajstić information content (AvgIpc) is 3.31. The maximum absolute atomic E-state index is 13.6. The van der Waals surface area contributed by atoms with E-state index in [1.807, 2.05) is 17.2 Å². The van der Waals surface area contributed by atoms with Gasteiger partial charge in [0.25, 0.3) is 0 Å². The first-order chi connectivity index (χ1) is 16.2. The van der Waals surface area contributed by atoms with Crippen molar-refractivity contribution in [3.63, 3.8) is 0 Å². The van der Waals surface area contributed by atoms with Gasteiger partial charge in [0.2, 0.25) is 17.8 Å². The van der Waals surface area contributed by atoms with Crippen molar-refractivity contribution < 1.29 is 9.13 Å². The molecule has 2 aromatic rings. The smallest absolute Gasteiger partial charge is 0.227 e. The van der Waals surface area contributed by atoms with E-state index in [2.05, 4.69) is 26.4 Å². The standard InChI is InChI=1S/C24H28FN7O/c1-33-21-13-20(9-11-26-21)30-14-16-3-4-17(15-30)22(16)28-23-29-31-12-2-10-27-24(31)32(23)19-7-5-18(25)6-8-19/h5-9,11,13,16-17,22H,2-4,10,12,14-15H2,1H3,(H,28,29).